The normalized spacial score (nSPS) is 54.7. The van der Waals surface area contributed by atoms with Crippen molar-refractivity contribution in [2.75, 3.05) is 0 Å². The summed E-state index contributed by atoms with van der Waals surface area (Å²) in [6.45, 7) is 4.62. The zero-order valence-corrected chi connectivity index (χ0v) is 13.0. The molecule has 21 heavy (non-hydrogen) atoms. The highest BCUT2D eigenvalue weighted by molar-refractivity contribution is 5.34. The fourth-order valence-corrected chi connectivity index (χ4v) is 5.67. The fraction of sp³-hybridized carbons (Fsp3) is 0.684. The molecule has 4 aliphatic rings. The molecule has 0 spiro atoms. The number of aliphatic hydroxyl groups excluding tert-OH is 2. The van der Waals surface area contributed by atoms with Crippen LogP contribution in [-0.4, -0.2) is 22.4 Å². The molecule has 0 radical (unpaired) electrons. The van der Waals surface area contributed by atoms with Crippen LogP contribution in [0.5, 0.6) is 0 Å². The highest BCUT2D eigenvalue weighted by Gasteiger charge is 2.56. The van der Waals surface area contributed by atoms with Gasteiger partial charge in [-0.15, -0.1) is 0 Å². The lowest BCUT2D eigenvalue weighted by molar-refractivity contribution is -0.0448. The number of aliphatic hydroxyl groups is 2. The lowest BCUT2D eigenvalue weighted by Gasteiger charge is -2.56. The second-order valence-electron chi connectivity index (χ2n) is 8.05. The van der Waals surface area contributed by atoms with Gasteiger partial charge in [0.05, 0.1) is 12.2 Å². The number of allylic oxidation sites excluding steroid dienone is 3. The Bertz CT molecular complexity index is 546. The SMILES string of the molecule is C[C@]12C=CC(O)CC1=CC[C@@H]1[C@H]2CC[C@]2(C)C(O)C=C[C@@H]12. The van der Waals surface area contributed by atoms with Crippen LogP contribution >= 0.6 is 0 Å². The molecular weight excluding hydrogens is 260 g/mol. The molecule has 0 aromatic rings. The monoisotopic (exact) mass is 286 g/mol. The highest BCUT2D eigenvalue weighted by Crippen LogP contribution is 2.62. The van der Waals surface area contributed by atoms with Crippen molar-refractivity contribution in [1.29, 1.82) is 0 Å². The summed E-state index contributed by atoms with van der Waals surface area (Å²) in [5.74, 6) is 1.78. The van der Waals surface area contributed by atoms with E-state index in [1.165, 1.54) is 12.0 Å². The summed E-state index contributed by atoms with van der Waals surface area (Å²) in [6, 6.07) is 0. The highest BCUT2D eigenvalue weighted by atomic mass is 16.3. The van der Waals surface area contributed by atoms with E-state index in [-0.39, 0.29) is 23.0 Å². The van der Waals surface area contributed by atoms with Gasteiger partial charge in [0.25, 0.3) is 0 Å². The third kappa shape index (κ3) is 1.72. The van der Waals surface area contributed by atoms with Crippen molar-refractivity contribution >= 4 is 0 Å². The van der Waals surface area contributed by atoms with Gasteiger partial charge in [0.1, 0.15) is 0 Å². The Labute approximate surface area is 127 Å². The summed E-state index contributed by atoms with van der Waals surface area (Å²) in [6.07, 6.45) is 14.6. The molecule has 0 amide bonds. The molecule has 0 aromatic heterocycles. The van der Waals surface area contributed by atoms with Gasteiger partial charge < -0.3 is 10.2 Å². The summed E-state index contributed by atoms with van der Waals surface area (Å²) < 4.78 is 0. The van der Waals surface area contributed by atoms with Gasteiger partial charge in [0.15, 0.2) is 0 Å². The average Bonchev–Trinajstić information content (AvgIpc) is 2.76. The maximum absolute atomic E-state index is 10.4. The Morgan fingerprint density at radius 1 is 1.14 bits per heavy atom. The zero-order valence-electron chi connectivity index (χ0n) is 13.0. The lowest BCUT2D eigenvalue weighted by Crippen LogP contribution is -2.50. The molecule has 2 heteroatoms. The molecule has 4 rings (SSSR count). The van der Waals surface area contributed by atoms with Gasteiger partial charge in [0, 0.05) is 10.8 Å². The molecule has 0 bridgehead atoms. The van der Waals surface area contributed by atoms with Crippen molar-refractivity contribution in [3.05, 3.63) is 36.0 Å². The summed E-state index contributed by atoms with van der Waals surface area (Å²) in [5, 5.41) is 20.3. The van der Waals surface area contributed by atoms with E-state index in [4.69, 9.17) is 0 Å². The number of rotatable bonds is 0. The van der Waals surface area contributed by atoms with E-state index in [1.54, 1.807) is 0 Å². The second kappa shape index (κ2) is 4.33. The van der Waals surface area contributed by atoms with Crippen LogP contribution in [0, 0.1) is 28.6 Å². The Kier molecular flexibility index (Phi) is 2.84. The van der Waals surface area contributed by atoms with E-state index in [2.05, 4.69) is 32.1 Å². The van der Waals surface area contributed by atoms with Crippen molar-refractivity contribution in [2.45, 2.75) is 51.7 Å². The molecule has 2 N–H and O–H groups in total. The van der Waals surface area contributed by atoms with Crippen LogP contribution < -0.4 is 0 Å². The van der Waals surface area contributed by atoms with Gasteiger partial charge in [-0.25, -0.2) is 0 Å². The van der Waals surface area contributed by atoms with Gasteiger partial charge in [-0.05, 0) is 43.4 Å². The molecule has 114 valence electrons. The standard InChI is InChI=1S/C19H26O2/c1-18-9-7-13(20)11-12(18)3-4-14-15-5-6-17(21)19(15,2)10-8-16(14)18/h3,5-7,9,13-17,20-21H,4,8,10-11H2,1-2H3/t13?,14-,15-,16+,17?,18-,19-/m0/s1. The van der Waals surface area contributed by atoms with Crippen LogP contribution in [0.1, 0.15) is 39.5 Å². The van der Waals surface area contributed by atoms with Crippen molar-refractivity contribution in [1.82, 2.24) is 0 Å². The summed E-state index contributed by atoms with van der Waals surface area (Å²) in [5.41, 5.74) is 1.59. The molecule has 1 fully saturated rings. The first-order chi connectivity index (χ1) is 9.95. The van der Waals surface area contributed by atoms with E-state index < -0.39 is 0 Å². The molecule has 0 heterocycles. The summed E-state index contributed by atoms with van der Waals surface area (Å²) in [7, 11) is 0. The third-order valence-corrected chi connectivity index (χ3v) is 7.10. The van der Waals surface area contributed by atoms with Crippen LogP contribution in [0.4, 0.5) is 0 Å². The Balaban J connectivity index is 1.72. The zero-order chi connectivity index (χ0) is 14.8. The molecule has 1 saturated carbocycles. The fourth-order valence-electron chi connectivity index (χ4n) is 5.67. The second-order valence-corrected chi connectivity index (χ2v) is 8.05. The predicted molar refractivity (Wildman–Crippen MR) is 83.5 cm³/mol. The van der Waals surface area contributed by atoms with E-state index in [9.17, 15) is 10.2 Å². The number of hydrogen-bond donors (Lipinski definition) is 2. The predicted octanol–water partition coefficient (Wildman–Crippen LogP) is 3.22. The topological polar surface area (TPSA) is 40.5 Å². The molecule has 2 unspecified atom stereocenters. The molecule has 2 nitrogen and oxygen atoms in total. The first-order valence-electron chi connectivity index (χ1n) is 8.38. The molecular formula is C19H26O2. The summed E-state index contributed by atoms with van der Waals surface area (Å²) >= 11 is 0. The van der Waals surface area contributed by atoms with Crippen molar-refractivity contribution in [3.63, 3.8) is 0 Å². The van der Waals surface area contributed by atoms with Crippen molar-refractivity contribution in [2.24, 2.45) is 28.6 Å². The van der Waals surface area contributed by atoms with E-state index >= 15 is 0 Å². The Morgan fingerprint density at radius 2 is 1.95 bits per heavy atom. The largest absolute Gasteiger partial charge is 0.389 e. The van der Waals surface area contributed by atoms with E-state index in [1.807, 2.05) is 12.2 Å². The van der Waals surface area contributed by atoms with Gasteiger partial charge in [0.2, 0.25) is 0 Å². The molecule has 4 aliphatic carbocycles. The van der Waals surface area contributed by atoms with Crippen LogP contribution in [0.25, 0.3) is 0 Å². The minimum atomic E-state index is -0.303. The van der Waals surface area contributed by atoms with Gasteiger partial charge in [-0.2, -0.15) is 0 Å². The van der Waals surface area contributed by atoms with E-state index in [0.717, 1.165) is 19.3 Å². The molecule has 0 aromatic carbocycles. The van der Waals surface area contributed by atoms with Crippen LogP contribution in [0.15, 0.2) is 36.0 Å². The minimum Gasteiger partial charge on any atom is -0.389 e. The van der Waals surface area contributed by atoms with Crippen molar-refractivity contribution < 1.29 is 10.2 Å². The lowest BCUT2D eigenvalue weighted by atomic mass is 9.49. The Morgan fingerprint density at radius 3 is 2.76 bits per heavy atom. The third-order valence-electron chi connectivity index (χ3n) is 7.10. The van der Waals surface area contributed by atoms with E-state index in [0.29, 0.717) is 17.8 Å². The number of hydrogen-bond acceptors (Lipinski definition) is 2. The maximum Gasteiger partial charge on any atom is 0.0780 e. The van der Waals surface area contributed by atoms with Crippen LogP contribution in [0.3, 0.4) is 0 Å². The molecule has 0 aliphatic heterocycles. The quantitative estimate of drug-likeness (QED) is 0.671. The summed E-state index contributed by atoms with van der Waals surface area (Å²) in [4.78, 5) is 0. The van der Waals surface area contributed by atoms with Gasteiger partial charge >= 0.3 is 0 Å². The van der Waals surface area contributed by atoms with Gasteiger partial charge in [-0.1, -0.05) is 49.8 Å². The maximum atomic E-state index is 10.4. The van der Waals surface area contributed by atoms with Gasteiger partial charge in [-0.3, -0.25) is 0 Å². The number of fused-ring (bicyclic) bond motifs is 5. The molecule has 7 atom stereocenters. The van der Waals surface area contributed by atoms with Crippen LogP contribution in [-0.2, 0) is 0 Å². The average molecular weight is 286 g/mol. The van der Waals surface area contributed by atoms with Crippen molar-refractivity contribution in [3.8, 4) is 0 Å². The van der Waals surface area contributed by atoms with Crippen LogP contribution in [0.2, 0.25) is 0 Å². The minimum absolute atomic E-state index is 0.0424. The Hall–Kier alpha value is -0.860. The molecule has 0 saturated heterocycles. The first kappa shape index (κ1) is 13.8. The first-order valence-corrected chi connectivity index (χ1v) is 8.38. The smallest absolute Gasteiger partial charge is 0.0780 e.